The van der Waals surface area contributed by atoms with Crippen molar-refractivity contribution in [2.24, 2.45) is 5.73 Å². The van der Waals surface area contributed by atoms with E-state index in [1.54, 1.807) is 0 Å². The molecule has 0 fully saturated rings. The summed E-state index contributed by atoms with van der Waals surface area (Å²) in [6, 6.07) is 6.54. The Bertz CT molecular complexity index is 264. The molecule has 0 bridgehead atoms. The summed E-state index contributed by atoms with van der Waals surface area (Å²) in [7, 11) is 0. The lowest BCUT2D eigenvalue weighted by Gasteiger charge is -2.09. The van der Waals surface area contributed by atoms with Crippen LogP contribution in [-0.4, -0.2) is 0 Å². The molecule has 0 saturated carbocycles. The van der Waals surface area contributed by atoms with E-state index in [-0.39, 0.29) is 0 Å². The predicted molar refractivity (Wildman–Crippen MR) is 64.5 cm³/mol. The maximum absolute atomic E-state index is 5.62. The quantitative estimate of drug-likeness (QED) is 0.763. The fourth-order valence-corrected chi connectivity index (χ4v) is 1.27. The minimum Gasteiger partial charge on any atom is -0.326 e. The van der Waals surface area contributed by atoms with Crippen molar-refractivity contribution in [1.82, 2.24) is 0 Å². The van der Waals surface area contributed by atoms with Crippen molar-refractivity contribution in [3.63, 3.8) is 0 Å². The summed E-state index contributed by atoms with van der Waals surface area (Å²) < 4.78 is 0. The smallest absolute Gasteiger partial charge is 0.0180 e. The molecule has 0 aliphatic heterocycles. The van der Waals surface area contributed by atoms with Crippen molar-refractivity contribution < 1.29 is 0 Å². The molecule has 0 amide bonds. The van der Waals surface area contributed by atoms with Crippen LogP contribution in [0.3, 0.4) is 0 Å². The minimum atomic E-state index is 0.593. The Balaban J connectivity index is 0.000000791. The maximum atomic E-state index is 5.62. The van der Waals surface area contributed by atoms with Crippen LogP contribution in [0.4, 0.5) is 0 Å². The van der Waals surface area contributed by atoms with Crippen LogP contribution in [0, 0.1) is 6.92 Å². The van der Waals surface area contributed by atoms with E-state index >= 15 is 0 Å². The predicted octanol–water partition coefficient (Wildman–Crippen LogP) is 3.60. The Morgan fingerprint density at radius 3 is 2.21 bits per heavy atom. The van der Waals surface area contributed by atoms with E-state index in [4.69, 9.17) is 5.73 Å². The Labute approximate surface area is 88.3 Å². The van der Waals surface area contributed by atoms with Gasteiger partial charge in [0.15, 0.2) is 0 Å². The molecule has 0 spiro atoms. The lowest BCUT2D eigenvalue weighted by molar-refractivity contribution is 0.859. The van der Waals surface area contributed by atoms with Gasteiger partial charge in [0, 0.05) is 6.54 Å². The third kappa shape index (κ3) is 3.51. The standard InChI is InChI=1S/C11H17N.C2H6/c1-8(2)10-5-4-9(3)11(6-10)7-12;1-2/h4-6,8H,7,12H2,1-3H3;1-2H3. The van der Waals surface area contributed by atoms with E-state index in [9.17, 15) is 0 Å². The first kappa shape index (κ1) is 13.2. The van der Waals surface area contributed by atoms with Crippen LogP contribution in [0.1, 0.15) is 50.3 Å². The third-order valence-electron chi connectivity index (χ3n) is 2.26. The van der Waals surface area contributed by atoms with Crippen molar-refractivity contribution in [3.05, 3.63) is 34.9 Å². The van der Waals surface area contributed by atoms with Crippen LogP contribution in [0.25, 0.3) is 0 Å². The molecule has 1 nitrogen and oxygen atoms in total. The molecular weight excluding hydrogens is 170 g/mol. The third-order valence-corrected chi connectivity index (χ3v) is 2.26. The zero-order chi connectivity index (χ0) is 11.1. The topological polar surface area (TPSA) is 26.0 Å². The second kappa shape index (κ2) is 6.61. The van der Waals surface area contributed by atoms with Gasteiger partial charge in [0.05, 0.1) is 0 Å². The number of nitrogens with two attached hydrogens (primary N) is 1. The molecule has 0 heterocycles. The number of benzene rings is 1. The first-order valence-electron chi connectivity index (χ1n) is 5.44. The van der Waals surface area contributed by atoms with Crippen LogP contribution in [0.5, 0.6) is 0 Å². The first-order valence-corrected chi connectivity index (χ1v) is 5.44. The Morgan fingerprint density at radius 1 is 1.21 bits per heavy atom. The summed E-state index contributed by atoms with van der Waals surface area (Å²) in [6.07, 6.45) is 0. The number of hydrogen-bond donors (Lipinski definition) is 1. The molecule has 0 atom stereocenters. The highest BCUT2D eigenvalue weighted by molar-refractivity contribution is 5.32. The van der Waals surface area contributed by atoms with Gasteiger partial charge in [0.2, 0.25) is 0 Å². The van der Waals surface area contributed by atoms with Crippen LogP contribution in [-0.2, 0) is 6.54 Å². The van der Waals surface area contributed by atoms with Crippen LogP contribution in [0.15, 0.2) is 18.2 Å². The molecule has 1 rings (SSSR count). The van der Waals surface area contributed by atoms with Crippen LogP contribution >= 0.6 is 0 Å². The molecule has 0 saturated heterocycles. The van der Waals surface area contributed by atoms with Gasteiger partial charge in [-0.3, -0.25) is 0 Å². The fraction of sp³-hybridized carbons (Fsp3) is 0.538. The van der Waals surface area contributed by atoms with Gasteiger partial charge in [-0.1, -0.05) is 45.9 Å². The monoisotopic (exact) mass is 193 g/mol. The SMILES string of the molecule is CC.Cc1ccc(C(C)C)cc1CN. The average molecular weight is 193 g/mol. The molecule has 14 heavy (non-hydrogen) atoms. The molecule has 0 aliphatic carbocycles. The van der Waals surface area contributed by atoms with Gasteiger partial charge in [-0.15, -0.1) is 0 Å². The maximum Gasteiger partial charge on any atom is 0.0180 e. The Morgan fingerprint density at radius 2 is 1.79 bits per heavy atom. The number of aryl methyl sites for hydroxylation is 1. The largest absolute Gasteiger partial charge is 0.326 e. The molecule has 1 heteroatoms. The van der Waals surface area contributed by atoms with Gasteiger partial charge < -0.3 is 5.73 Å². The van der Waals surface area contributed by atoms with Gasteiger partial charge in [0.1, 0.15) is 0 Å². The minimum absolute atomic E-state index is 0.593. The van der Waals surface area contributed by atoms with Crippen molar-refractivity contribution in [2.45, 2.75) is 47.1 Å². The van der Waals surface area contributed by atoms with E-state index in [0.717, 1.165) is 0 Å². The molecular formula is C13H23N. The number of hydrogen-bond acceptors (Lipinski definition) is 1. The molecule has 0 unspecified atom stereocenters. The summed E-state index contributed by atoms with van der Waals surface area (Å²) in [5.41, 5.74) is 9.55. The van der Waals surface area contributed by atoms with E-state index in [0.29, 0.717) is 12.5 Å². The van der Waals surface area contributed by atoms with E-state index in [1.165, 1.54) is 16.7 Å². The molecule has 2 N–H and O–H groups in total. The summed E-state index contributed by atoms with van der Waals surface area (Å²) >= 11 is 0. The molecule has 0 aliphatic rings. The van der Waals surface area contributed by atoms with Crippen molar-refractivity contribution >= 4 is 0 Å². The first-order chi connectivity index (χ1) is 6.65. The zero-order valence-electron chi connectivity index (χ0n) is 10.1. The van der Waals surface area contributed by atoms with Crippen molar-refractivity contribution in [1.29, 1.82) is 0 Å². The van der Waals surface area contributed by atoms with Crippen molar-refractivity contribution in [2.75, 3.05) is 0 Å². The number of rotatable bonds is 2. The second-order valence-corrected chi connectivity index (χ2v) is 3.54. The zero-order valence-corrected chi connectivity index (χ0v) is 10.1. The highest BCUT2D eigenvalue weighted by Crippen LogP contribution is 2.17. The average Bonchev–Trinajstić information content (AvgIpc) is 2.21. The molecule has 1 aromatic rings. The van der Waals surface area contributed by atoms with Gasteiger partial charge in [-0.25, -0.2) is 0 Å². The van der Waals surface area contributed by atoms with Crippen molar-refractivity contribution in [3.8, 4) is 0 Å². The van der Waals surface area contributed by atoms with Crippen LogP contribution in [0.2, 0.25) is 0 Å². The summed E-state index contributed by atoms with van der Waals surface area (Å²) in [5, 5.41) is 0. The molecule has 80 valence electrons. The Hall–Kier alpha value is -0.820. The molecule has 0 radical (unpaired) electrons. The van der Waals surface area contributed by atoms with E-state index < -0.39 is 0 Å². The lowest BCUT2D eigenvalue weighted by atomic mass is 9.98. The highest BCUT2D eigenvalue weighted by atomic mass is 14.5. The van der Waals surface area contributed by atoms with Gasteiger partial charge >= 0.3 is 0 Å². The van der Waals surface area contributed by atoms with Gasteiger partial charge in [-0.05, 0) is 29.5 Å². The fourth-order valence-electron chi connectivity index (χ4n) is 1.27. The molecule has 1 aromatic carbocycles. The van der Waals surface area contributed by atoms with Gasteiger partial charge in [-0.2, -0.15) is 0 Å². The summed E-state index contributed by atoms with van der Waals surface area (Å²) in [4.78, 5) is 0. The summed E-state index contributed by atoms with van der Waals surface area (Å²) in [6.45, 7) is 11.1. The van der Waals surface area contributed by atoms with Crippen LogP contribution < -0.4 is 5.73 Å². The van der Waals surface area contributed by atoms with Gasteiger partial charge in [0.25, 0.3) is 0 Å². The molecule has 0 aromatic heterocycles. The summed E-state index contributed by atoms with van der Waals surface area (Å²) in [5.74, 6) is 0.593. The van der Waals surface area contributed by atoms with E-state index in [2.05, 4.69) is 39.0 Å². The lowest BCUT2D eigenvalue weighted by Crippen LogP contribution is -2.00. The normalized spacial score (nSPS) is 9.64. The Kier molecular flexibility index (Phi) is 6.22. The van der Waals surface area contributed by atoms with E-state index in [1.807, 2.05) is 13.8 Å². The highest BCUT2D eigenvalue weighted by Gasteiger charge is 2.01. The second-order valence-electron chi connectivity index (χ2n) is 3.54.